The topological polar surface area (TPSA) is 67.4 Å². The lowest BCUT2D eigenvalue weighted by molar-refractivity contribution is -0.125. The number of aryl methyl sites for hydroxylation is 1. The standard InChI is InChI=1S/C23H24N2O3/c1-15-11-12-21(28-3)20(13-15)25-23(27)16(2)24-22(26)14-18-9-6-8-17-7-4-5-10-19(17)18/h4-13,16H,14H2,1-3H3,(H,24,26)(H,25,27)/t16-/m0/s1. The fourth-order valence-electron chi connectivity index (χ4n) is 3.14. The zero-order valence-corrected chi connectivity index (χ0v) is 16.3. The van der Waals surface area contributed by atoms with Crippen LogP contribution in [-0.2, 0) is 16.0 Å². The molecule has 0 bridgehead atoms. The fraction of sp³-hybridized carbons (Fsp3) is 0.217. The summed E-state index contributed by atoms with van der Waals surface area (Å²) in [6.45, 7) is 3.60. The number of nitrogens with one attached hydrogen (secondary N) is 2. The molecule has 5 nitrogen and oxygen atoms in total. The SMILES string of the molecule is COc1ccc(C)cc1NC(=O)[C@H](C)NC(=O)Cc1cccc2ccccc12. The van der Waals surface area contributed by atoms with Crippen LogP contribution in [0.25, 0.3) is 10.8 Å². The van der Waals surface area contributed by atoms with Crippen LogP contribution in [0, 0.1) is 6.92 Å². The summed E-state index contributed by atoms with van der Waals surface area (Å²) < 4.78 is 5.28. The smallest absolute Gasteiger partial charge is 0.246 e. The molecule has 1 atom stereocenters. The highest BCUT2D eigenvalue weighted by Gasteiger charge is 2.18. The molecule has 0 aliphatic heterocycles. The van der Waals surface area contributed by atoms with Crippen LogP contribution in [0.1, 0.15) is 18.1 Å². The third-order valence-corrected chi connectivity index (χ3v) is 4.61. The zero-order chi connectivity index (χ0) is 20.1. The van der Waals surface area contributed by atoms with Crippen LogP contribution in [0.2, 0.25) is 0 Å². The van der Waals surface area contributed by atoms with Crippen molar-refractivity contribution in [1.82, 2.24) is 5.32 Å². The normalized spacial score (nSPS) is 11.7. The molecule has 3 aromatic rings. The maximum Gasteiger partial charge on any atom is 0.246 e. The maximum absolute atomic E-state index is 12.5. The summed E-state index contributed by atoms with van der Waals surface area (Å²) in [5.41, 5.74) is 2.52. The van der Waals surface area contributed by atoms with Crippen LogP contribution in [0.3, 0.4) is 0 Å². The van der Waals surface area contributed by atoms with Crippen molar-refractivity contribution in [3.8, 4) is 5.75 Å². The minimum Gasteiger partial charge on any atom is -0.495 e. The van der Waals surface area contributed by atoms with Gasteiger partial charge < -0.3 is 15.4 Å². The van der Waals surface area contributed by atoms with Gasteiger partial charge in [-0.15, -0.1) is 0 Å². The van der Waals surface area contributed by atoms with Crippen LogP contribution in [-0.4, -0.2) is 25.0 Å². The van der Waals surface area contributed by atoms with Gasteiger partial charge in [-0.1, -0.05) is 48.5 Å². The molecule has 0 spiro atoms. The Morgan fingerprint density at radius 2 is 1.79 bits per heavy atom. The Morgan fingerprint density at radius 1 is 1.04 bits per heavy atom. The van der Waals surface area contributed by atoms with Crippen molar-refractivity contribution < 1.29 is 14.3 Å². The number of rotatable bonds is 6. The van der Waals surface area contributed by atoms with E-state index in [0.717, 1.165) is 21.9 Å². The molecule has 5 heteroatoms. The molecule has 0 saturated heterocycles. The molecule has 2 amide bonds. The molecule has 3 aromatic carbocycles. The fourth-order valence-corrected chi connectivity index (χ4v) is 3.14. The van der Waals surface area contributed by atoms with Gasteiger partial charge in [0.1, 0.15) is 11.8 Å². The van der Waals surface area contributed by atoms with Crippen LogP contribution < -0.4 is 15.4 Å². The first-order valence-corrected chi connectivity index (χ1v) is 9.19. The first-order chi connectivity index (χ1) is 13.5. The number of ether oxygens (including phenoxy) is 1. The Kier molecular flexibility index (Phi) is 5.94. The second-order valence-electron chi connectivity index (χ2n) is 6.80. The summed E-state index contributed by atoms with van der Waals surface area (Å²) in [6.07, 6.45) is 0.215. The van der Waals surface area contributed by atoms with Gasteiger partial charge in [0.2, 0.25) is 11.8 Å². The number of carbonyl (C=O) groups is 2. The lowest BCUT2D eigenvalue weighted by atomic mass is 10.0. The second-order valence-corrected chi connectivity index (χ2v) is 6.80. The lowest BCUT2D eigenvalue weighted by Crippen LogP contribution is -2.42. The Bertz CT molecular complexity index is 1010. The van der Waals surface area contributed by atoms with Gasteiger partial charge >= 0.3 is 0 Å². The van der Waals surface area contributed by atoms with Gasteiger partial charge in [-0.05, 0) is 47.9 Å². The van der Waals surface area contributed by atoms with E-state index in [1.54, 1.807) is 20.1 Å². The molecule has 0 saturated carbocycles. The molecular weight excluding hydrogens is 352 g/mol. The number of anilines is 1. The molecule has 0 unspecified atom stereocenters. The van der Waals surface area contributed by atoms with Crippen LogP contribution in [0.4, 0.5) is 5.69 Å². The van der Waals surface area contributed by atoms with Crippen LogP contribution in [0.15, 0.2) is 60.7 Å². The van der Waals surface area contributed by atoms with E-state index in [9.17, 15) is 9.59 Å². The Balaban J connectivity index is 1.65. The van der Waals surface area contributed by atoms with E-state index < -0.39 is 6.04 Å². The highest BCUT2D eigenvalue weighted by atomic mass is 16.5. The van der Waals surface area contributed by atoms with E-state index in [1.807, 2.05) is 61.5 Å². The van der Waals surface area contributed by atoms with Gasteiger partial charge in [-0.25, -0.2) is 0 Å². The average Bonchev–Trinajstić information content (AvgIpc) is 2.68. The number of benzene rings is 3. The predicted octanol–water partition coefficient (Wildman–Crippen LogP) is 3.84. The number of fused-ring (bicyclic) bond motifs is 1. The maximum atomic E-state index is 12.5. The molecular formula is C23H24N2O3. The number of hydrogen-bond donors (Lipinski definition) is 2. The van der Waals surface area contributed by atoms with E-state index in [4.69, 9.17) is 4.74 Å². The van der Waals surface area contributed by atoms with E-state index in [2.05, 4.69) is 10.6 Å². The number of methoxy groups -OCH3 is 1. The number of carbonyl (C=O) groups excluding carboxylic acids is 2. The van der Waals surface area contributed by atoms with E-state index in [0.29, 0.717) is 11.4 Å². The molecule has 0 aliphatic carbocycles. The summed E-state index contributed by atoms with van der Waals surface area (Å²) in [5.74, 6) is 0.0820. The molecule has 0 aliphatic rings. The van der Waals surface area contributed by atoms with E-state index >= 15 is 0 Å². The second kappa shape index (κ2) is 8.57. The third-order valence-electron chi connectivity index (χ3n) is 4.61. The minimum atomic E-state index is -0.673. The first-order valence-electron chi connectivity index (χ1n) is 9.19. The van der Waals surface area contributed by atoms with E-state index in [-0.39, 0.29) is 18.2 Å². The molecule has 0 aromatic heterocycles. The van der Waals surface area contributed by atoms with Crippen molar-refractivity contribution in [1.29, 1.82) is 0 Å². The average molecular weight is 376 g/mol. The molecule has 28 heavy (non-hydrogen) atoms. The molecule has 0 radical (unpaired) electrons. The van der Waals surface area contributed by atoms with Crippen molar-refractivity contribution in [2.75, 3.05) is 12.4 Å². The molecule has 144 valence electrons. The predicted molar refractivity (Wildman–Crippen MR) is 112 cm³/mol. The van der Waals surface area contributed by atoms with Crippen molar-refractivity contribution in [3.63, 3.8) is 0 Å². The Labute approximate surface area is 164 Å². The highest BCUT2D eigenvalue weighted by molar-refractivity contribution is 5.98. The van der Waals surface area contributed by atoms with Gasteiger partial charge in [0.05, 0.1) is 19.2 Å². The van der Waals surface area contributed by atoms with Gasteiger partial charge in [0.15, 0.2) is 0 Å². The van der Waals surface area contributed by atoms with Gasteiger partial charge in [0.25, 0.3) is 0 Å². The first kappa shape index (κ1) is 19.4. The van der Waals surface area contributed by atoms with Crippen LogP contribution >= 0.6 is 0 Å². The summed E-state index contributed by atoms with van der Waals surface area (Å²) in [6, 6.07) is 18.7. The Hall–Kier alpha value is -3.34. The van der Waals surface area contributed by atoms with Gasteiger partial charge in [-0.2, -0.15) is 0 Å². The van der Waals surface area contributed by atoms with Gasteiger partial charge in [0, 0.05) is 0 Å². The third kappa shape index (κ3) is 4.49. The Morgan fingerprint density at radius 3 is 2.57 bits per heavy atom. The van der Waals surface area contributed by atoms with Gasteiger partial charge in [-0.3, -0.25) is 9.59 Å². The van der Waals surface area contributed by atoms with Crippen LogP contribution in [0.5, 0.6) is 5.75 Å². The van der Waals surface area contributed by atoms with Crippen molar-refractivity contribution >= 4 is 28.3 Å². The minimum absolute atomic E-state index is 0.199. The summed E-state index contributed by atoms with van der Waals surface area (Å²) in [5, 5.41) is 7.73. The molecule has 2 N–H and O–H groups in total. The molecule has 3 rings (SSSR count). The molecule has 0 heterocycles. The highest BCUT2D eigenvalue weighted by Crippen LogP contribution is 2.25. The monoisotopic (exact) mass is 376 g/mol. The quantitative estimate of drug-likeness (QED) is 0.687. The summed E-state index contributed by atoms with van der Waals surface area (Å²) in [4.78, 5) is 25.0. The van der Waals surface area contributed by atoms with Crippen molar-refractivity contribution in [2.45, 2.75) is 26.3 Å². The zero-order valence-electron chi connectivity index (χ0n) is 16.3. The van der Waals surface area contributed by atoms with E-state index in [1.165, 1.54) is 0 Å². The summed E-state index contributed by atoms with van der Waals surface area (Å²) >= 11 is 0. The number of hydrogen-bond acceptors (Lipinski definition) is 3. The van der Waals surface area contributed by atoms with Crippen molar-refractivity contribution in [3.05, 3.63) is 71.8 Å². The summed E-state index contributed by atoms with van der Waals surface area (Å²) in [7, 11) is 1.55. The lowest BCUT2D eigenvalue weighted by Gasteiger charge is -2.16. The largest absolute Gasteiger partial charge is 0.495 e. The van der Waals surface area contributed by atoms with Crippen molar-refractivity contribution in [2.24, 2.45) is 0 Å². The number of amides is 2. The molecule has 0 fully saturated rings.